The van der Waals surface area contributed by atoms with Gasteiger partial charge in [-0.3, -0.25) is 19.4 Å². The van der Waals surface area contributed by atoms with Crippen molar-refractivity contribution in [3.8, 4) is 0 Å². The van der Waals surface area contributed by atoms with Crippen molar-refractivity contribution in [2.24, 2.45) is 0 Å². The fourth-order valence-electron chi connectivity index (χ4n) is 6.15. The third-order valence-electron chi connectivity index (χ3n) is 8.80. The Hall–Kier alpha value is -3.60. The van der Waals surface area contributed by atoms with Gasteiger partial charge in [-0.2, -0.15) is 0 Å². The molecule has 46 heavy (non-hydrogen) atoms. The smallest absolute Gasteiger partial charge is 0.303 e. The van der Waals surface area contributed by atoms with Gasteiger partial charge in [0.2, 0.25) is 5.91 Å². The maximum absolute atomic E-state index is 12.5. The summed E-state index contributed by atoms with van der Waals surface area (Å²) >= 11 is 0. The third-order valence-corrected chi connectivity index (χ3v) is 8.80. The Morgan fingerprint density at radius 1 is 0.739 bits per heavy atom. The number of nitrogens with one attached hydrogen (secondary N) is 1. The summed E-state index contributed by atoms with van der Waals surface area (Å²) in [7, 11) is 0. The second-order valence-electron chi connectivity index (χ2n) is 12.4. The topological polar surface area (TPSA) is 112 Å². The van der Waals surface area contributed by atoms with Crippen LogP contribution in [-0.2, 0) is 32.2 Å². The van der Waals surface area contributed by atoms with Crippen molar-refractivity contribution < 1.29 is 29.3 Å². The van der Waals surface area contributed by atoms with Crippen LogP contribution in [0.1, 0.15) is 79.6 Å². The first kappa shape index (κ1) is 33.8. The minimum absolute atomic E-state index is 0.00605. The standard InChI is InChI=1S/C37H47N3O6/c41-27-29-12-14-30(15-13-29)34-24-33(26-40-22-20-39(21-23-40)25-28-8-4-3-5-9-28)45-37(46-34)31-16-18-32(19-17-31)38-35(42)10-6-1-2-7-11-36(43)44/h3-5,8-9,12-19,33-34,37,41H,1-2,6-7,10-11,20-27H2,(H,38,42)(H,43,44)/t33-,34+,37+/m1/s1. The average Bonchev–Trinajstić information content (AvgIpc) is 3.08. The van der Waals surface area contributed by atoms with Crippen LogP contribution >= 0.6 is 0 Å². The van der Waals surface area contributed by atoms with Crippen LogP contribution in [0.15, 0.2) is 78.9 Å². The molecule has 2 saturated heterocycles. The largest absolute Gasteiger partial charge is 0.481 e. The normalized spacial score (nSPS) is 20.8. The Kier molecular flexibility index (Phi) is 12.7. The molecule has 0 spiro atoms. The van der Waals surface area contributed by atoms with Gasteiger partial charge < -0.3 is 25.0 Å². The first-order chi connectivity index (χ1) is 22.4. The van der Waals surface area contributed by atoms with E-state index in [0.717, 1.165) is 87.3 Å². The zero-order valence-electron chi connectivity index (χ0n) is 26.6. The molecule has 3 aromatic rings. The van der Waals surface area contributed by atoms with Gasteiger partial charge in [-0.05, 0) is 41.7 Å². The van der Waals surface area contributed by atoms with E-state index in [1.807, 2.05) is 48.5 Å². The predicted octanol–water partition coefficient (Wildman–Crippen LogP) is 5.91. The number of carboxylic acids is 1. The van der Waals surface area contributed by atoms with Crippen molar-refractivity contribution >= 4 is 17.6 Å². The molecule has 0 radical (unpaired) electrons. The van der Waals surface area contributed by atoms with E-state index in [9.17, 15) is 14.7 Å². The van der Waals surface area contributed by atoms with Gasteiger partial charge >= 0.3 is 5.97 Å². The number of amides is 1. The van der Waals surface area contributed by atoms with Gasteiger partial charge in [-0.15, -0.1) is 0 Å². The van der Waals surface area contributed by atoms with Gasteiger partial charge in [0, 0.05) is 69.8 Å². The zero-order valence-corrected chi connectivity index (χ0v) is 26.6. The molecule has 3 N–H and O–H groups in total. The molecule has 2 aliphatic rings. The predicted molar refractivity (Wildman–Crippen MR) is 177 cm³/mol. The maximum Gasteiger partial charge on any atom is 0.303 e. The number of benzene rings is 3. The number of piperazine rings is 1. The number of carboxylic acid groups (broad SMARTS) is 1. The molecule has 0 bridgehead atoms. The number of aliphatic hydroxyl groups is 1. The highest BCUT2D eigenvalue weighted by Gasteiger charge is 2.33. The fraction of sp³-hybridized carbons (Fsp3) is 0.459. The number of anilines is 1. The highest BCUT2D eigenvalue weighted by molar-refractivity contribution is 5.90. The van der Waals surface area contributed by atoms with E-state index in [1.54, 1.807) is 0 Å². The van der Waals surface area contributed by atoms with Crippen molar-refractivity contribution in [1.82, 2.24) is 9.80 Å². The first-order valence-electron chi connectivity index (χ1n) is 16.6. The van der Waals surface area contributed by atoms with E-state index in [1.165, 1.54) is 5.56 Å². The number of hydrogen-bond acceptors (Lipinski definition) is 7. The van der Waals surface area contributed by atoms with Crippen LogP contribution in [0.5, 0.6) is 0 Å². The Morgan fingerprint density at radius 2 is 1.39 bits per heavy atom. The molecular formula is C37H47N3O6. The highest BCUT2D eigenvalue weighted by Crippen LogP contribution is 2.38. The van der Waals surface area contributed by atoms with Gasteiger partial charge in [0.25, 0.3) is 0 Å². The maximum atomic E-state index is 12.5. The lowest BCUT2D eigenvalue weighted by Crippen LogP contribution is -2.49. The van der Waals surface area contributed by atoms with Crippen LogP contribution in [0.2, 0.25) is 0 Å². The van der Waals surface area contributed by atoms with Crippen LogP contribution in [0, 0.1) is 0 Å². The number of carbonyl (C=O) groups is 2. The van der Waals surface area contributed by atoms with Crippen LogP contribution in [0.3, 0.4) is 0 Å². The van der Waals surface area contributed by atoms with E-state index >= 15 is 0 Å². The molecule has 2 heterocycles. The summed E-state index contributed by atoms with van der Waals surface area (Å²) in [5, 5.41) is 21.2. The summed E-state index contributed by atoms with van der Waals surface area (Å²) in [5.74, 6) is -0.826. The Bertz CT molecular complexity index is 1360. The number of carbonyl (C=O) groups excluding carboxylic acids is 1. The average molecular weight is 630 g/mol. The highest BCUT2D eigenvalue weighted by atomic mass is 16.7. The molecule has 3 atom stereocenters. The van der Waals surface area contributed by atoms with Crippen molar-refractivity contribution in [3.05, 3.63) is 101 Å². The molecule has 9 nitrogen and oxygen atoms in total. The second-order valence-corrected chi connectivity index (χ2v) is 12.4. The summed E-state index contributed by atoms with van der Waals surface area (Å²) in [6.45, 7) is 5.83. The molecule has 0 aromatic heterocycles. The molecular weight excluding hydrogens is 582 g/mol. The molecule has 0 aliphatic carbocycles. The summed E-state index contributed by atoms with van der Waals surface area (Å²) in [4.78, 5) is 28.1. The van der Waals surface area contributed by atoms with Crippen LogP contribution in [0.25, 0.3) is 0 Å². The van der Waals surface area contributed by atoms with Gasteiger partial charge in [-0.25, -0.2) is 0 Å². The lowest BCUT2D eigenvalue weighted by molar-refractivity contribution is -0.253. The lowest BCUT2D eigenvalue weighted by atomic mass is 9.99. The number of rotatable bonds is 15. The van der Waals surface area contributed by atoms with Gasteiger partial charge in [0.1, 0.15) is 0 Å². The van der Waals surface area contributed by atoms with Crippen LogP contribution in [-0.4, -0.2) is 70.7 Å². The fourth-order valence-corrected chi connectivity index (χ4v) is 6.15. The van der Waals surface area contributed by atoms with E-state index < -0.39 is 12.3 Å². The zero-order chi connectivity index (χ0) is 32.1. The molecule has 1 amide bonds. The summed E-state index contributed by atoms with van der Waals surface area (Å²) in [5.41, 5.74) is 4.89. The third kappa shape index (κ3) is 10.5. The van der Waals surface area contributed by atoms with Crippen LogP contribution in [0.4, 0.5) is 5.69 Å². The molecule has 246 valence electrons. The number of aliphatic carboxylic acids is 1. The van der Waals surface area contributed by atoms with Gasteiger partial charge in [0.15, 0.2) is 6.29 Å². The molecule has 3 aromatic carbocycles. The van der Waals surface area contributed by atoms with Crippen LogP contribution < -0.4 is 5.32 Å². The molecule has 0 saturated carbocycles. The summed E-state index contributed by atoms with van der Waals surface area (Å²) in [6.07, 6.45) is 3.64. The minimum Gasteiger partial charge on any atom is -0.481 e. The lowest BCUT2D eigenvalue weighted by Gasteiger charge is -2.40. The Morgan fingerprint density at radius 3 is 2.07 bits per heavy atom. The number of ether oxygens (including phenoxy) is 2. The molecule has 9 heteroatoms. The van der Waals surface area contributed by atoms with Gasteiger partial charge in [-0.1, -0.05) is 79.6 Å². The molecule has 2 aliphatic heterocycles. The molecule has 5 rings (SSSR count). The second kappa shape index (κ2) is 17.4. The number of hydrogen-bond donors (Lipinski definition) is 3. The monoisotopic (exact) mass is 629 g/mol. The van der Waals surface area contributed by atoms with E-state index in [-0.39, 0.29) is 31.1 Å². The van der Waals surface area contributed by atoms with E-state index in [4.69, 9.17) is 14.6 Å². The number of nitrogens with zero attached hydrogens (tertiary/aromatic N) is 2. The Balaban J connectivity index is 1.16. The molecule has 2 fully saturated rings. The van der Waals surface area contributed by atoms with Crippen molar-refractivity contribution in [1.29, 1.82) is 0 Å². The molecule has 0 unspecified atom stereocenters. The number of unbranched alkanes of at least 4 members (excludes halogenated alkanes) is 3. The Labute approximate surface area is 272 Å². The van der Waals surface area contributed by atoms with E-state index in [0.29, 0.717) is 12.8 Å². The number of aliphatic hydroxyl groups excluding tert-OH is 1. The van der Waals surface area contributed by atoms with Crippen molar-refractivity contribution in [2.45, 2.75) is 76.6 Å². The van der Waals surface area contributed by atoms with E-state index in [2.05, 4.69) is 45.4 Å². The SMILES string of the molecule is O=C(O)CCCCCCC(=O)Nc1ccc([C@H]2O[C@@H](CN3CCN(Cc4ccccc4)CC3)C[C@@H](c3ccc(CO)cc3)O2)cc1. The first-order valence-corrected chi connectivity index (χ1v) is 16.6. The minimum atomic E-state index is -0.777. The van der Waals surface area contributed by atoms with Crippen molar-refractivity contribution in [2.75, 3.05) is 38.0 Å². The van der Waals surface area contributed by atoms with Crippen molar-refractivity contribution in [3.63, 3.8) is 0 Å². The van der Waals surface area contributed by atoms with Gasteiger partial charge in [0.05, 0.1) is 18.8 Å². The quantitative estimate of drug-likeness (QED) is 0.178. The summed E-state index contributed by atoms with van der Waals surface area (Å²) in [6, 6.07) is 26.2. The summed E-state index contributed by atoms with van der Waals surface area (Å²) < 4.78 is 13.1.